The number of nitrogens with zero attached hydrogens (tertiary/aromatic N) is 3. The van der Waals surface area contributed by atoms with Crippen LogP contribution in [0.15, 0.2) is 29.3 Å². The molecule has 0 N–H and O–H groups in total. The first kappa shape index (κ1) is 20.4. The summed E-state index contributed by atoms with van der Waals surface area (Å²) in [6.07, 6.45) is -2.50. The number of hydrogen-bond donors (Lipinski definition) is 0. The largest absolute Gasteiger partial charge is 0.416 e. The molecule has 4 nitrogen and oxygen atoms in total. The van der Waals surface area contributed by atoms with E-state index < -0.39 is 29.0 Å². The molecule has 1 aromatic carbocycles. The molecule has 8 heteroatoms. The first-order chi connectivity index (χ1) is 12.9. The maximum absolute atomic E-state index is 14.0. The van der Waals surface area contributed by atoms with Crippen molar-refractivity contribution < 1.29 is 22.4 Å². The van der Waals surface area contributed by atoms with Crippen LogP contribution in [0.4, 0.5) is 17.6 Å². The Labute approximate surface area is 160 Å². The summed E-state index contributed by atoms with van der Waals surface area (Å²) in [5.41, 5.74) is -0.751. The van der Waals surface area contributed by atoms with Gasteiger partial charge in [-0.05, 0) is 37.0 Å². The molecule has 1 aliphatic rings. The van der Waals surface area contributed by atoms with Gasteiger partial charge >= 0.3 is 6.18 Å². The Hall–Kier alpha value is -2.38. The molecule has 28 heavy (non-hydrogen) atoms. The van der Waals surface area contributed by atoms with Crippen LogP contribution in [0.5, 0.6) is 0 Å². The molecule has 0 atom stereocenters. The second-order valence-electron chi connectivity index (χ2n) is 8.30. The molecule has 1 aliphatic carbocycles. The third-order valence-electron chi connectivity index (χ3n) is 4.88. The van der Waals surface area contributed by atoms with Crippen LogP contribution >= 0.6 is 0 Å². The highest BCUT2D eigenvalue weighted by Gasteiger charge is 2.32. The van der Waals surface area contributed by atoms with E-state index in [1.807, 2.05) is 37.2 Å². The molecule has 3 rings (SSSR count). The van der Waals surface area contributed by atoms with Gasteiger partial charge in [-0.25, -0.2) is 4.39 Å². The van der Waals surface area contributed by atoms with Crippen LogP contribution < -0.4 is 5.49 Å². The standard InChI is InChI=1S/C20H23F4N3O/c1-19(2,3)16-10-17(27(26(16)4)11-12-5-6-12)25-18(28)14-9-13(20(22,23)24)7-8-15(14)21/h7-10,12H,5-6,11H2,1-4H3. The molecule has 1 aromatic heterocycles. The molecule has 1 amide bonds. The van der Waals surface area contributed by atoms with Gasteiger partial charge in [0.2, 0.25) is 0 Å². The van der Waals surface area contributed by atoms with Crippen LogP contribution in [0.25, 0.3) is 0 Å². The normalized spacial score (nSPS) is 15.9. The van der Waals surface area contributed by atoms with Gasteiger partial charge in [0.15, 0.2) is 5.49 Å². The van der Waals surface area contributed by atoms with E-state index in [0.29, 0.717) is 36.1 Å². The fourth-order valence-electron chi connectivity index (χ4n) is 3.16. The molecule has 2 aromatic rings. The summed E-state index contributed by atoms with van der Waals surface area (Å²) in [6, 6.07) is 3.51. The number of carbonyl (C=O) groups is 1. The molecule has 0 unspecified atom stereocenters. The van der Waals surface area contributed by atoms with E-state index in [-0.39, 0.29) is 5.41 Å². The second-order valence-corrected chi connectivity index (χ2v) is 8.30. The van der Waals surface area contributed by atoms with Crippen LogP contribution in [0.3, 0.4) is 0 Å². The smallest absolute Gasteiger partial charge is 0.291 e. The molecule has 0 spiro atoms. The van der Waals surface area contributed by atoms with Crippen LogP contribution in [0.2, 0.25) is 0 Å². The van der Waals surface area contributed by atoms with Crippen molar-refractivity contribution in [2.75, 3.05) is 0 Å². The number of benzene rings is 1. The molecule has 0 aliphatic heterocycles. The number of carbonyl (C=O) groups excluding carboxylic acids is 1. The molecular weight excluding hydrogens is 374 g/mol. The Kier molecular flexibility index (Phi) is 5.02. The van der Waals surface area contributed by atoms with Gasteiger partial charge < -0.3 is 0 Å². The maximum atomic E-state index is 14.0. The van der Waals surface area contributed by atoms with Gasteiger partial charge in [0, 0.05) is 30.8 Å². The van der Waals surface area contributed by atoms with Gasteiger partial charge in [0.25, 0.3) is 5.91 Å². The fourth-order valence-corrected chi connectivity index (χ4v) is 3.16. The third-order valence-corrected chi connectivity index (χ3v) is 4.88. The van der Waals surface area contributed by atoms with Crippen molar-refractivity contribution in [1.29, 1.82) is 0 Å². The van der Waals surface area contributed by atoms with Gasteiger partial charge in [0.05, 0.1) is 11.1 Å². The summed E-state index contributed by atoms with van der Waals surface area (Å²) in [5, 5.41) is 0. The Bertz CT molecular complexity index is 973. The van der Waals surface area contributed by atoms with Crippen molar-refractivity contribution >= 4 is 5.91 Å². The van der Waals surface area contributed by atoms with Gasteiger partial charge in [-0.2, -0.15) is 18.2 Å². The van der Waals surface area contributed by atoms with Crippen molar-refractivity contribution in [3.8, 4) is 0 Å². The maximum Gasteiger partial charge on any atom is 0.416 e. The zero-order valence-electron chi connectivity index (χ0n) is 16.3. The van der Waals surface area contributed by atoms with E-state index in [9.17, 15) is 22.4 Å². The molecular formula is C20H23F4N3O. The first-order valence-electron chi connectivity index (χ1n) is 9.11. The lowest BCUT2D eigenvalue weighted by Crippen LogP contribution is -2.26. The zero-order valence-corrected chi connectivity index (χ0v) is 16.3. The van der Waals surface area contributed by atoms with Crippen molar-refractivity contribution in [3.63, 3.8) is 0 Å². The number of aromatic nitrogens is 2. The summed E-state index contributed by atoms with van der Waals surface area (Å²) in [6.45, 7) is 6.70. The number of alkyl halides is 3. The molecule has 152 valence electrons. The van der Waals surface area contributed by atoms with Gasteiger partial charge in [-0.15, -0.1) is 0 Å². The molecule has 1 saturated carbocycles. The average Bonchev–Trinajstić information content (AvgIpc) is 3.32. The quantitative estimate of drug-likeness (QED) is 0.706. The average molecular weight is 397 g/mol. The number of amides is 1. The SMILES string of the molecule is Cn1c(C(C)(C)C)cc(=NC(=O)c2cc(C(F)(F)F)ccc2F)n1CC1CC1. The lowest BCUT2D eigenvalue weighted by molar-refractivity contribution is -0.137. The molecule has 0 saturated heterocycles. The van der Waals surface area contributed by atoms with Crippen molar-refractivity contribution in [2.45, 2.75) is 51.7 Å². The monoisotopic (exact) mass is 397 g/mol. The van der Waals surface area contributed by atoms with E-state index in [4.69, 9.17) is 0 Å². The Morgan fingerprint density at radius 3 is 2.36 bits per heavy atom. The van der Waals surface area contributed by atoms with E-state index in [0.717, 1.165) is 18.5 Å². The van der Waals surface area contributed by atoms with Crippen LogP contribution in [0, 0.1) is 11.7 Å². The molecule has 1 fully saturated rings. The highest BCUT2D eigenvalue weighted by Crippen LogP contribution is 2.31. The minimum Gasteiger partial charge on any atom is -0.291 e. The van der Waals surface area contributed by atoms with E-state index >= 15 is 0 Å². The van der Waals surface area contributed by atoms with Gasteiger partial charge in [-0.3, -0.25) is 14.2 Å². The topological polar surface area (TPSA) is 39.3 Å². The van der Waals surface area contributed by atoms with E-state index in [2.05, 4.69) is 4.99 Å². The highest BCUT2D eigenvalue weighted by molar-refractivity contribution is 5.95. The first-order valence-corrected chi connectivity index (χ1v) is 9.11. The van der Waals surface area contributed by atoms with Crippen molar-refractivity contribution in [2.24, 2.45) is 18.0 Å². The van der Waals surface area contributed by atoms with Crippen molar-refractivity contribution in [3.05, 3.63) is 52.4 Å². The summed E-state index contributed by atoms with van der Waals surface area (Å²) in [4.78, 5) is 16.5. The van der Waals surface area contributed by atoms with Crippen LogP contribution in [-0.2, 0) is 25.2 Å². The predicted octanol–water partition coefficient (Wildman–Crippen LogP) is 4.43. The van der Waals surface area contributed by atoms with Gasteiger partial charge in [-0.1, -0.05) is 20.8 Å². The number of rotatable bonds is 3. The Morgan fingerprint density at radius 2 is 1.82 bits per heavy atom. The fraction of sp³-hybridized carbons (Fsp3) is 0.500. The number of halogens is 4. The summed E-state index contributed by atoms with van der Waals surface area (Å²) in [7, 11) is 1.86. The Balaban J connectivity index is 2.09. The lowest BCUT2D eigenvalue weighted by atomic mass is 9.92. The summed E-state index contributed by atoms with van der Waals surface area (Å²) >= 11 is 0. The minimum absolute atomic E-state index is 0.224. The highest BCUT2D eigenvalue weighted by atomic mass is 19.4. The number of hydrogen-bond acceptors (Lipinski definition) is 1. The molecule has 0 radical (unpaired) electrons. The summed E-state index contributed by atoms with van der Waals surface area (Å²) < 4.78 is 56.5. The molecule has 0 bridgehead atoms. The summed E-state index contributed by atoms with van der Waals surface area (Å²) in [5.74, 6) is -1.57. The predicted molar refractivity (Wildman–Crippen MR) is 96.1 cm³/mol. The van der Waals surface area contributed by atoms with E-state index in [1.165, 1.54) is 0 Å². The van der Waals surface area contributed by atoms with Gasteiger partial charge in [0.1, 0.15) is 5.82 Å². The van der Waals surface area contributed by atoms with Crippen LogP contribution in [-0.4, -0.2) is 15.3 Å². The molecule has 1 heterocycles. The second kappa shape index (κ2) is 6.90. The lowest BCUT2D eigenvalue weighted by Gasteiger charge is -2.20. The zero-order chi connectivity index (χ0) is 20.9. The van der Waals surface area contributed by atoms with E-state index in [1.54, 1.807) is 6.07 Å². The van der Waals surface area contributed by atoms with Crippen LogP contribution in [0.1, 0.15) is 55.2 Å². The third kappa shape index (κ3) is 4.20. The minimum atomic E-state index is -4.67. The van der Waals surface area contributed by atoms with Crippen molar-refractivity contribution in [1.82, 2.24) is 9.36 Å². The Morgan fingerprint density at radius 1 is 1.18 bits per heavy atom.